The van der Waals surface area contributed by atoms with Gasteiger partial charge in [-0.15, -0.1) is 5.10 Å². The van der Waals surface area contributed by atoms with E-state index in [9.17, 15) is 14.0 Å². The molecule has 2 atom stereocenters. The summed E-state index contributed by atoms with van der Waals surface area (Å²) in [6.45, 7) is 6.68. The lowest BCUT2D eigenvalue weighted by molar-refractivity contribution is -0.143. The van der Waals surface area contributed by atoms with Crippen molar-refractivity contribution in [2.45, 2.75) is 52.0 Å². The molecule has 0 radical (unpaired) electrons. The molecule has 2 saturated heterocycles. The molecule has 4 rings (SSSR count). The molecule has 172 valence electrons. The van der Waals surface area contributed by atoms with Crippen LogP contribution in [0.15, 0.2) is 24.3 Å². The van der Waals surface area contributed by atoms with Gasteiger partial charge in [0, 0.05) is 38.5 Å². The normalized spacial score (nSPS) is 20.9. The summed E-state index contributed by atoms with van der Waals surface area (Å²) in [5, 5.41) is 11.6. The highest BCUT2D eigenvalue weighted by Gasteiger charge is 2.35. The maximum absolute atomic E-state index is 13.7. The van der Waals surface area contributed by atoms with E-state index < -0.39 is 6.04 Å². The number of benzene rings is 1. The first kappa shape index (κ1) is 22.4. The summed E-state index contributed by atoms with van der Waals surface area (Å²) in [7, 11) is 0. The standard InChI is InChI=1S/C23H31FN6O2/c1-16-5-4-10-29(15-16)22(31)19-8-11-28(12-9-19)23(32)21(30-17(2)25-26-27-30)14-18-6-3-7-20(24)13-18/h3,6-7,13,16,19,21H,4-5,8-12,14-15H2,1-2H3. The lowest BCUT2D eigenvalue weighted by Crippen LogP contribution is -2.48. The first-order chi connectivity index (χ1) is 15.4. The molecule has 2 aliphatic heterocycles. The van der Waals surface area contributed by atoms with Crippen LogP contribution in [0.25, 0.3) is 0 Å². The Bertz CT molecular complexity index is 955. The molecule has 2 unspecified atom stereocenters. The number of carbonyl (C=O) groups is 2. The van der Waals surface area contributed by atoms with Gasteiger partial charge in [-0.2, -0.15) is 0 Å². The van der Waals surface area contributed by atoms with Crippen molar-refractivity contribution in [3.63, 3.8) is 0 Å². The molecule has 8 nitrogen and oxygen atoms in total. The molecule has 32 heavy (non-hydrogen) atoms. The smallest absolute Gasteiger partial charge is 0.247 e. The fraction of sp³-hybridized carbons (Fsp3) is 0.609. The van der Waals surface area contributed by atoms with Crippen molar-refractivity contribution < 1.29 is 14.0 Å². The van der Waals surface area contributed by atoms with Gasteiger partial charge < -0.3 is 9.80 Å². The first-order valence-corrected chi connectivity index (χ1v) is 11.5. The second-order valence-corrected chi connectivity index (χ2v) is 9.15. The third kappa shape index (κ3) is 4.97. The lowest BCUT2D eigenvalue weighted by Gasteiger charge is -2.38. The van der Waals surface area contributed by atoms with Gasteiger partial charge in [-0.3, -0.25) is 9.59 Å². The first-order valence-electron chi connectivity index (χ1n) is 11.5. The topological polar surface area (TPSA) is 84.2 Å². The summed E-state index contributed by atoms with van der Waals surface area (Å²) in [6, 6.07) is 5.60. The van der Waals surface area contributed by atoms with Crippen molar-refractivity contribution in [3.05, 3.63) is 41.5 Å². The van der Waals surface area contributed by atoms with Crippen LogP contribution < -0.4 is 0 Å². The SMILES string of the molecule is Cc1nnnn1C(Cc1cccc(F)c1)C(=O)N1CCC(C(=O)N2CCCC(C)C2)CC1. The second kappa shape index (κ2) is 9.75. The number of amides is 2. The van der Waals surface area contributed by atoms with Gasteiger partial charge in [0.15, 0.2) is 0 Å². The third-order valence-electron chi connectivity index (χ3n) is 6.68. The molecular weight excluding hydrogens is 411 g/mol. The summed E-state index contributed by atoms with van der Waals surface area (Å²) < 4.78 is 15.2. The highest BCUT2D eigenvalue weighted by molar-refractivity contribution is 5.82. The molecule has 0 spiro atoms. The van der Waals surface area contributed by atoms with E-state index in [0.29, 0.717) is 49.7 Å². The van der Waals surface area contributed by atoms with Crippen molar-refractivity contribution in [2.24, 2.45) is 11.8 Å². The largest absolute Gasteiger partial charge is 0.342 e. The highest BCUT2D eigenvalue weighted by Crippen LogP contribution is 2.26. The van der Waals surface area contributed by atoms with Gasteiger partial charge in [-0.1, -0.05) is 19.1 Å². The van der Waals surface area contributed by atoms with Gasteiger partial charge in [0.05, 0.1) is 0 Å². The van der Waals surface area contributed by atoms with E-state index in [-0.39, 0.29) is 23.5 Å². The van der Waals surface area contributed by atoms with Crippen LogP contribution in [0.3, 0.4) is 0 Å². The van der Waals surface area contributed by atoms with Crippen LogP contribution in [0.4, 0.5) is 4.39 Å². The maximum atomic E-state index is 13.7. The summed E-state index contributed by atoms with van der Waals surface area (Å²) in [5.41, 5.74) is 0.711. The van der Waals surface area contributed by atoms with E-state index in [4.69, 9.17) is 0 Å². The number of hydrogen-bond donors (Lipinski definition) is 0. The van der Waals surface area contributed by atoms with E-state index in [1.807, 2.05) is 4.90 Å². The molecule has 1 aromatic carbocycles. The van der Waals surface area contributed by atoms with Crippen molar-refractivity contribution in [3.8, 4) is 0 Å². The zero-order valence-corrected chi connectivity index (χ0v) is 18.8. The Morgan fingerprint density at radius 1 is 1.16 bits per heavy atom. The van der Waals surface area contributed by atoms with Crippen LogP contribution in [0.5, 0.6) is 0 Å². The van der Waals surface area contributed by atoms with Gasteiger partial charge in [0.1, 0.15) is 17.7 Å². The number of carbonyl (C=O) groups excluding carboxylic acids is 2. The van der Waals surface area contributed by atoms with Crippen molar-refractivity contribution in [2.75, 3.05) is 26.2 Å². The quantitative estimate of drug-likeness (QED) is 0.710. The molecule has 2 aliphatic rings. The zero-order chi connectivity index (χ0) is 22.7. The van der Waals surface area contributed by atoms with Gasteiger partial charge in [0.25, 0.3) is 0 Å². The Morgan fingerprint density at radius 3 is 2.59 bits per heavy atom. The second-order valence-electron chi connectivity index (χ2n) is 9.15. The van der Waals surface area contributed by atoms with E-state index in [1.54, 1.807) is 24.0 Å². The summed E-state index contributed by atoms with van der Waals surface area (Å²) >= 11 is 0. The van der Waals surface area contributed by atoms with E-state index in [0.717, 1.165) is 19.5 Å². The van der Waals surface area contributed by atoms with Gasteiger partial charge in [-0.25, -0.2) is 9.07 Å². The average Bonchev–Trinajstić information content (AvgIpc) is 3.22. The zero-order valence-electron chi connectivity index (χ0n) is 18.8. The molecule has 0 aliphatic carbocycles. The summed E-state index contributed by atoms with van der Waals surface area (Å²) in [5.74, 6) is 0.856. The lowest BCUT2D eigenvalue weighted by atomic mass is 9.92. The van der Waals surface area contributed by atoms with Crippen LogP contribution in [-0.4, -0.2) is 68.0 Å². The Balaban J connectivity index is 1.43. The van der Waals surface area contributed by atoms with Crippen LogP contribution in [0.1, 0.15) is 50.0 Å². The minimum absolute atomic E-state index is 0.0270. The predicted octanol–water partition coefficient (Wildman–Crippen LogP) is 2.40. The maximum Gasteiger partial charge on any atom is 0.247 e. The van der Waals surface area contributed by atoms with Gasteiger partial charge >= 0.3 is 0 Å². The van der Waals surface area contributed by atoms with E-state index in [2.05, 4.69) is 22.4 Å². The number of rotatable bonds is 5. The minimum Gasteiger partial charge on any atom is -0.342 e. The number of tetrazole rings is 1. The Kier molecular flexibility index (Phi) is 6.81. The fourth-order valence-corrected chi connectivity index (χ4v) is 4.90. The monoisotopic (exact) mass is 442 g/mol. The van der Waals surface area contributed by atoms with E-state index >= 15 is 0 Å². The van der Waals surface area contributed by atoms with Crippen LogP contribution >= 0.6 is 0 Å². The third-order valence-corrected chi connectivity index (χ3v) is 6.68. The van der Waals surface area contributed by atoms with Crippen LogP contribution in [0.2, 0.25) is 0 Å². The molecule has 0 bridgehead atoms. The molecule has 2 aromatic rings. The minimum atomic E-state index is -0.651. The molecule has 1 aromatic heterocycles. The highest BCUT2D eigenvalue weighted by atomic mass is 19.1. The Morgan fingerprint density at radius 2 is 1.94 bits per heavy atom. The van der Waals surface area contributed by atoms with Crippen molar-refractivity contribution >= 4 is 11.8 Å². The summed E-state index contributed by atoms with van der Waals surface area (Å²) in [6.07, 6.45) is 3.87. The van der Waals surface area contributed by atoms with Gasteiger partial charge in [0.2, 0.25) is 11.8 Å². The number of hydrogen-bond acceptors (Lipinski definition) is 5. The molecule has 3 heterocycles. The molecular formula is C23H31FN6O2. The van der Waals surface area contributed by atoms with Gasteiger partial charge in [-0.05, 0) is 66.6 Å². The number of nitrogens with zero attached hydrogens (tertiary/aromatic N) is 6. The Labute approximate surface area is 187 Å². The number of piperidine rings is 2. The molecule has 0 saturated carbocycles. The predicted molar refractivity (Wildman–Crippen MR) is 116 cm³/mol. The molecule has 9 heteroatoms. The van der Waals surface area contributed by atoms with E-state index in [1.165, 1.54) is 23.2 Å². The van der Waals surface area contributed by atoms with Crippen LogP contribution in [0, 0.1) is 24.6 Å². The molecule has 0 N–H and O–H groups in total. The summed E-state index contributed by atoms with van der Waals surface area (Å²) in [4.78, 5) is 30.3. The van der Waals surface area contributed by atoms with Crippen molar-refractivity contribution in [1.29, 1.82) is 0 Å². The average molecular weight is 443 g/mol. The Hall–Kier alpha value is -2.84. The fourth-order valence-electron chi connectivity index (χ4n) is 4.90. The van der Waals surface area contributed by atoms with Crippen LogP contribution in [-0.2, 0) is 16.0 Å². The molecule has 2 fully saturated rings. The molecule has 2 amide bonds. The van der Waals surface area contributed by atoms with Crippen molar-refractivity contribution in [1.82, 2.24) is 30.0 Å². The number of aromatic nitrogens is 4. The number of likely N-dealkylation sites (tertiary alicyclic amines) is 2. The number of halogens is 1. The number of aryl methyl sites for hydroxylation is 1.